The van der Waals surface area contributed by atoms with Crippen LogP contribution in [-0.4, -0.2) is 23.8 Å². The Kier molecular flexibility index (Phi) is 6.77. The lowest BCUT2D eigenvalue weighted by Crippen LogP contribution is -2.13. The SMILES string of the molecule is Cc1cccc(CCC(=O)OCC2c3ccccc3-c3ccccc32)c1Sc1ncccc1C=O. The van der Waals surface area contributed by atoms with Crippen LogP contribution in [0.3, 0.4) is 0 Å². The summed E-state index contributed by atoms with van der Waals surface area (Å²) in [6.45, 7) is 2.36. The minimum absolute atomic E-state index is 0.0577. The van der Waals surface area contributed by atoms with Gasteiger partial charge < -0.3 is 4.74 Å². The van der Waals surface area contributed by atoms with Crippen LogP contribution < -0.4 is 0 Å². The molecule has 0 unspecified atom stereocenters. The van der Waals surface area contributed by atoms with Crippen molar-refractivity contribution < 1.29 is 14.3 Å². The highest BCUT2D eigenvalue weighted by Gasteiger charge is 2.29. The third-order valence-corrected chi connectivity index (χ3v) is 7.71. The van der Waals surface area contributed by atoms with E-state index in [4.69, 9.17) is 4.74 Å². The molecule has 35 heavy (non-hydrogen) atoms. The van der Waals surface area contributed by atoms with E-state index in [9.17, 15) is 9.59 Å². The van der Waals surface area contributed by atoms with Gasteiger partial charge in [-0.15, -0.1) is 0 Å². The van der Waals surface area contributed by atoms with Crippen molar-refractivity contribution in [3.05, 3.63) is 113 Å². The maximum absolute atomic E-state index is 12.8. The Bertz CT molecular complexity index is 1350. The normalized spacial score (nSPS) is 12.1. The fourth-order valence-corrected chi connectivity index (χ4v) is 5.73. The quantitative estimate of drug-likeness (QED) is 0.209. The van der Waals surface area contributed by atoms with Crippen molar-refractivity contribution in [3.8, 4) is 11.1 Å². The van der Waals surface area contributed by atoms with Gasteiger partial charge in [-0.2, -0.15) is 0 Å². The molecule has 4 nitrogen and oxygen atoms in total. The van der Waals surface area contributed by atoms with Crippen LogP contribution in [-0.2, 0) is 16.0 Å². The van der Waals surface area contributed by atoms with Gasteiger partial charge in [0.05, 0.1) is 0 Å². The molecular formula is C30H25NO3S. The number of nitrogens with zero attached hydrogens (tertiary/aromatic N) is 1. The van der Waals surface area contributed by atoms with Crippen molar-refractivity contribution in [3.63, 3.8) is 0 Å². The average molecular weight is 480 g/mol. The van der Waals surface area contributed by atoms with Crippen LogP contribution in [0.5, 0.6) is 0 Å². The number of rotatable bonds is 8. The summed E-state index contributed by atoms with van der Waals surface area (Å²) in [5.41, 5.74) is 7.54. The summed E-state index contributed by atoms with van der Waals surface area (Å²) in [6, 6.07) is 26.2. The van der Waals surface area contributed by atoms with Gasteiger partial charge in [0.25, 0.3) is 0 Å². The molecule has 0 bridgehead atoms. The number of esters is 1. The second-order valence-corrected chi connectivity index (χ2v) is 9.59. The van der Waals surface area contributed by atoms with Gasteiger partial charge in [0, 0.05) is 29.0 Å². The zero-order valence-corrected chi connectivity index (χ0v) is 20.3. The topological polar surface area (TPSA) is 56.3 Å². The number of hydrogen-bond acceptors (Lipinski definition) is 5. The smallest absolute Gasteiger partial charge is 0.306 e. The molecule has 0 fully saturated rings. The van der Waals surface area contributed by atoms with E-state index in [0.29, 0.717) is 23.6 Å². The molecule has 174 valence electrons. The van der Waals surface area contributed by atoms with Crippen LogP contribution in [0, 0.1) is 6.92 Å². The van der Waals surface area contributed by atoms with Crippen LogP contribution in [0.15, 0.2) is 95.0 Å². The average Bonchev–Trinajstić information content (AvgIpc) is 3.21. The van der Waals surface area contributed by atoms with Crippen LogP contribution >= 0.6 is 11.8 Å². The molecule has 0 atom stereocenters. The van der Waals surface area contributed by atoms with E-state index < -0.39 is 0 Å². The van der Waals surface area contributed by atoms with Crippen molar-refractivity contribution in [1.82, 2.24) is 4.98 Å². The predicted molar refractivity (Wildman–Crippen MR) is 138 cm³/mol. The van der Waals surface area contributed by atoms with Crippen LogP contribution in [0.1, 0.15) is 45.0 Å². The first-order valence-electron chi connectivity index (χ1n) is 11.7. The van der Waals surface area contributed by atoms with E-state index in [1.54, 1.807) is 18.3 Å². The molecule has 0 saturated carbocycles. The van der Waals surface area contributed by atoms with Gasteiger partial charge in [-0.1, -0.05) is 78.5 Å². The summed E-state index contributed by atoms with van der Waals surface area (Å²) in [7, 11) is 0. The van der Waals surface area contributed by atoms with Gasteiger partial charge >= 0.3 is 5.97 Å². The number of hydrogen-bond donors (Lipinski definition) is 0. The molecule has 0 N–H and O–H groups in total. The number of carbonyl (C=O) groups is 2. The highest BCUT2D eigenvalue weighted by molar-refractivity contribution is 7.99. The number of pyridine rings is 1. The Labute approximate surface area is 209 Å². The molecule has 3 aromatic carbocycles. The Morgan fingerprint density at radius 3 is 2.37 bits per heavy atom. The second-order valence-electron chi connectivity index (χ2n) is 8.59. The van der Waals surface area contributed by atoms with Gasteiger partial charge in [-0.05, 0) is 58.9 Å². The first-order valence-corrected chi connectivity index (χ1v) is 12.5. The molecule has 5 heteroatoms. The van der Waals surface area contributed by atoms with Gasteiger partial charge in [0.2, 0.25) is 0 Å². The molecule has 1 heterocycles. The number of aldehydes is 1. The van der Waals surface area contributed by atoms with Crippen molar-refractivity contribution in [2.24, 2.45) is 0 Å². The maximum Gasteiger partial charge on any atom is 0.306 e. The molecule has 0 radical (unpaired) electrons. The molecule has 1 aliphatic rings. The fourth-order valence-electron chi connectivity index (χ4n) is 4.66. The minimum atomic E-state index is -0.212. The number of aromatic nitrogens is 1. The lowest BCUT2D eigenvalue weighted by atomic mass is 9.98. The number of benzene rings is 3. The monoisotopic (exact) mass is 479 g/mol. The molecule has 0 spiro atoms. The summed E-state index contributed by atoms with van der Waals surface area (Å²) in [5, 5.41) is 0.666. The predicted octanol–water partition coefficient (Wildman–Crippen LogP) is 6.64. The molecule has 0 amide bonds. The van der Waals surface area contributed by atoms with Crippen LogP contribution in [0.25, 0.3) is 11.1 Å². The zero-order valence-electron chi connectivity index (χ0n) is 19.4. The Hall–Kier alpha value is -3.70. The van der Waals surface area contributed by atoms with Crippen LogP contribution in [0.4, 0.5) is 0 Å². The highest BCUT2D eigenvalue weighted by Crippen LogP contribution is 2.44. The summed E-state index contributed by atoms with van der Waals surface area (Å²) < 4.78 is 5.78. The molecule has 5 rings (SSSR count). The Morgan fingerprint density at radius 2 is 1.66 bits per heavy atom. The lowest BCUT2D eigenvalue weighted by molar-refractivity contribution is -0.143. The first-order chi connectivity index (χ1) is 17.2. The first kappa shape index (κ1) is 23.1. The molecule has 0 saturated heterocycles. The van der Waals surface area contributed by atoms with E-state index in [2.05, 4.69) is 29.2 Å². The molecule has 4 aromatic rings. The van der Waals surface area contributed by atoms with Crippen molar-refractivity contribution in [2.45, 2.75) is 35.6 Å². The van der Waals surface area contributed by atoms with Crippen molar-refractivity contribution in [1.29, 1.82) is 0 Å². The molecule has 1 aliphatic carbocycles. The van der Waals surface area contributed by atoms with Gasteiger partial charge in [-0.25, -0.2) is 4.98 Å². The number of carbonyl (C=O) groups excluding carboxylic acids is 2. The third kappa shape index (κ3) is 4.77. The summed E-state index contributed by atoms with van der Waals surface area (Å²) in [4.78, 5) is 29.6. The number of ether oxygens (including phenoxy) is 1. The molecule has 1 aromatic heterocycles. The van der Waals surface area contributed by atoms with E-state index in [1.165, 1.54) is 34.0 Å². The fraction of sp³-hybridized carbons (Fsp3) is 0.167. The number of fused-ring (bicyclic) bond motifs is 3. The Morgan fingerprint density at radius 1 is 0.943 bits per heavy atom. The number of aryl methyl sites for hydroxylation is 2. The molecule has 0 aliphatic heterocycles. The highest BCUT2D eigenvalue weighted by atomic mass is 32.2. The summed E-state index contributed by atoms with van der Waals surface area (Å²) >= 11 is 1.47. The van der Waals surface area contributed by atoms with E-state index in [1.807, 2.05) is 49.4 Å². The zero-order chi connectivity index (χ0) is 24.2. The lowest BCUT2D eigenvalue weighted by Gasteiger charge is -2.15. The van der Waals surface area contributed by atoms with Gasteiger partial charge in [0.1, 0.15) is 11.6 Å². The second kappa shape index (κ2) is 10.3. The summed E-state index contributed by atoms with van der Waals surface area (Å²) in [5.74, 6) is -0.155. The minimum Gasteiger partial charge on any atom is -0.465 e. The Balaban J connectivity index is 1.26. The van der Waals surface area contributed by atoms with Crippen molar-refractivity contribution in [2.75, 3.05) is 6.61 Å². The maximum atomic E-state index is 12.8. The van der Waals surface area contributed by atoms with Gasteiger partial charge in [0.15, 0.2) is 6.29 Å². The van der Waals surface area contributed by atoms with Crippen LogP contribution in [0.2, 0.25) is 0 Å². The molecular weight excluding hydrogens is 454 g/mol. The standard InChI is InChI=1S/C30H25NO3S/c1-20-8-6-9-21(29(20)35-30-22(18-32)10-7-17-31-30)15-16-28(33)34-19-27-25-13-4-2-11-23(25)24-12-3-5-14-26(24)27/h2-14,17-18,27H,15-16,19H2,1H3. The van der Waals surface area contributed by atoms with E-state index in [-0.39, 0.29) is 18.3 Å². The van der Waals surface area contributed by atoms with Gasteiger partial charge in [-0.3, -0.25) is 9.59 Å². The van der Waals surface area contributed by atoms with E-state index in [0.717, 1.165) is 22.3 Å². The summed E-state index contributed by atoms with van der Waals surface area (Å²) in [6.07, 6.45) is 3.35. The van der Waals surface area contributed by atoms with Crippen molar-refractivity contribution >= 4 is 24.0 Å². The van der Waals surface area contributed by atoms with E-state index >= 15 is 0 Å². The third-order valence-electron chi connectivity index (χ3n) is 6.39. The largest absolute Gasteiger partial charge is 0.465 e.